The van der Waals surface area contributed by atoms with E-state index in [2.05, 4.69) is 4.84 Å². The number of anilines is 1. The van der Waals surface area contributed by atoms with Crippen molar-refractivity contribution in [2.75, 3.05) is 31.6 Å². The third-order valence-corrected chi connectivity index (χ3v) is 3.12. The van der Waals surface area contributed by atoms with Crippen molar-refractivity contribution >= 4 is 17.5 Å². The molecule has 1 aliphatic heterocycles. The van der Waals surface area contributed by atoms with Crippen LogP contribution in [-0.2, 0) is 20.8 Å². The Morgan fingerprint density at radius 1 is 1.26 bits per heavy atom. The highest BCUT2D eigenvalue weighted by Crippen LogP contribution is 2.19. The van der Waals surface area contributed by atoms with Crippen LogP contribution in [0.1, 0.15) is 5.56 Å². The van der Waals surface area contributed by atoms with Crippen LogP contribution in [0.3, 0.4) is 0 Å². The van der Waals surface area contributed by atoms with Gasteiger partial charge in [0.25, 0.3) is 0 Å². The number of nitrogens with zero attached hydrogens (tertiary/aromatic N) is 2. The summed E-state index contributed by atoms with van der Waals surface area (Å²) in [4.78, 5) is 31.1. The molecule has 0 bridgehead atoms. The second-order valence-corrected chi connectivity index (χ2v) is 4.52. The number of amides is 2. The van der Waals surface area contributed by atoms with E-state index in [-0.39, 0.29) is 24.9 Å². The monoisotopic (exact) mass is 263 g/mol. The summed E-state index contributed by atoms with van der Waals surface area (Å²) < 4.78 is 0. The highest BCUT2D eigenvalue weighted by atomic mass is 16.6. The number of carbonyl (C=O) groups excluding carboxylic acids is 2. The normalized spacial score (nSPS) is 16.1. The molecule has 6 heteroatoms. The number of rotatable bonds is 4. The van der Waals surface area contributed by atoms with Gasteiger partial charge in [-0.2, -0.15) is 0 Å². The van der Waals surface area contributed by atoms with E-state index in [9.17, 15) is 9.59 Å². The minimum absolute atomic E-state index is 0.0599. The standard InChI is InChI=1S/C13H17N3O3/c1-15-8-13(18)16(9-12(15)17)11-4-2-3-10(7-11)5-6-19-14/h2-4,7H,5-6,8-9,14H2,1H3. The smallest absolute Gasteiger partial charge is 0.247 e. The van der Waals surface area contributed by atoms with E-state index < -0.39 is 0 Å². The van der Waals surface area contributed by atoms with Gasteiger partial charge in [-0.15, -0.1) is 0 Å². The summed E-state index contributed by atoms with van der Waals surface area (Å²) in [5, 5.41) is 0. The predicted octanol–water partition coefficient (Wildman–Crippen LogP) is -0.0756. The van der Waals surface area contributed by atoms with Crippen LogP contribution in [0, 0.1) is 0 Å². The van der Waals surface area contributed by atoms with Gasteiger partial charge in [-0.05, 0) is 24.1 Å². The van der Waals surface area contributed by atoms with Crippen molar-refractivity contribution in [1.29, 1.82) is 0 Å². The lowest BCUT2D eigenvalue weighted by Crippen LogP contribution is -2.52. The van der Waals surface area contributed by atoms with E-state index in [4.69, 9.17) is 5.90 Å². The zero-order chi connectivity index (χ0) is 13.8. The third kappa shape index (κ3) is 3.10. The molecule has 0 spiro atoms. The van der Waals surface area contributed by atoms with Crippen LogP contribution in [-0.4, -0.2) is 43.5 Å². The van der Waals surface area contributed by atoms with Gasteiger partial charge in [0.1, 0.15) is 6.54 Å². The van der Waals surface area contributed by atoms with Gasteiger partial charge >= 0.3 is 0 Å². The molecule has 0 aliphatic carbocycles. The van der Waals surface area contributed by atoms with Crippen molar-refractivity contribution in [3.05, 3.63) is 29.8 Å². The molecule has 102 valence electrons. The van der Waals surface area contributed by atoms with Crippen molar-refractivity contribution < 1.29 is 14.4 Å². The van der Waals surface area contributed by atoms with Crippen LogP contribution in [0.5, 0.6) is 0 Å². The Labute approximate surface area is 111 Å². The largest absolute Gasteiger partial charge is 0.335 e. The van der Waals surface area contributed by atoms with E-state index in [1.165, 1.54) is 9.80 Å². The summed E-state index contributed by atoms with van der Waals surface area (Å²) in [7, 11) is 1.63. The van der Waals surface area contributed by atoms with Crippen molar-refractivity contribution in [3.8, 4) is 0 Å². The van der Waals surface area contributed by atoms with Crippen LogP contribution < -0.4 is 10.8 Å². The Bertz CT molecular complexity index is 490. The summed E-state index contributed by atoms with van der Waals surface area (Å²) in [6, 6.07) is 7.50. The number of hydrogen-bond donors (Lipinski definition) is 1. The van der Waals surface area contributed by atoms with Gasteiger partial charge in [-0.1, -0.05) is 12.1 Å². The van der Waals surface area contributed by atoms with Crippen LogP contribution in [0.4, 0.5) is 5.69 Å². The fraction of sp³-hybridized carbons (Fsp3) is 0.385. The second kappa shape index (κ2) is 5.81. The lowest BCUT2D eigenvalue weighted by atomic mass is 10.1. The zero-order valence-electron chi connectivity index (χ0n) is 10.8. The number of piperazine rings is 1. The van der Waals surface area contributed by atoms with Crippen molar-refractivity contribution in [2.24, 2.45) is 5.90 Å². The average molecular weight is 263 g/mol. The Balaban J connectivity index is 2.16. The van der Waals surface area contributed by atoms with Crippen LogP contribution in [0.2, 0.25) is 0 Å². The molecule has 1 saturated heterocycles. The first-order valence-corrected chi connectivity index (χ1v) is 6.07. The number of nitrogens with two attached hydrogens (primary N) is 1. The zero-order valence-corrected chi connectivity index (χ0v) is 10.8. The lowest BCUT2D eigenvalue weighted by molar-refractivity contribution is -0.136. The SMILES string of the molecule is CN1CC(=O)N(c2cccc(CCON)c2)CC1=O. The van der Waals surface area contributed by atoms with Crippen LogP contribution in [0.15, 0.2) is 24.3 Å². The van der Waals surface area contributed by atoms with Gasteiger partial charge in [-0.25, -0.2) is 5.90 Å². The number of likely N-dealkylation sites (N-methyl/N-ethyl adjacent to an activating group) is 1. The molecule has 2 N–H and O–H groups in total. The Morgan fingerprint density at radius 3 is 2.79 bits per heavy atom. The van der Waals surface area contributed by atoms with E-state index in [0.717, 1.165) is 11.3 Å². The average Bonchev–Trinajstić information content (AvgIpc) is 2.41. The van der Waals surface area contributed by atoms with E-state index >= 15 is 0 Å². The number of benzene rings is 1. The topological polar surface area (TPSA) is 75.9 Å². The fourth-order valence-electron chi connectivity index (χ4n) is 2.01. The molecule has 1 aromatic carbocycles. The third-order valence-electron chi connectivity index (χ3n) is 3.12. The van der Waals surface area contributed by atoms with Crippen LogP contribution >= 0.6 is 0 Å². The lowest BCUT2D eigenvalue weighted by Gasteiger charge is -2.31. The first-order valence-electron chi connectivity index (χ1n) is 6.07. The van der Waals surface area contributed by atoms with Gasteiger partial charge in [0.05, 0.1) is 13.2 Å². The van der Waals surface area contributed by atoms with Gasteiger partial charge in [0, 0.05) is 12.7 Å². The molecular weight excluding hydrogens is 246 g/mol. The van der Waals surface area contributed by atoms with Crippen molar-refractivity contribution in [1.82, 2.24) is 4.90 Å². The summed E-state index contributed by atoms with van der Waals surface area (Å²) in [6.07, 6.45) is 0.667. The maximum atomic E-state index is 12.0. The quantitative estimate of drug-likeness (QED) is 0.771. The molecular formula is C13H17N3O3. The summed E-state index contributed by atoms with van der Waals surface area (Å²) in [6.45, 7) is 0.625. The van der Waals surface area contributed by atoms with Crippen molar-refractivity contribution in [2.45, 2.75) is 6.42 Å². The predicted molar refractivity (Wildman–Crippen MR) is 70.3 cm³/mol. The van der Waals surface area contributed by atoms with Crippen LogP contribution in [0.25, 0.3) is 0 Å². The van der Waals surface area contributed by atoms with Gasteiger partial charge in [-0.3, -0.25) is 9.59 Å². The minimum atomic E-state index is -0.0747. The maximum absolute atomic E-state index is 12.0. The van der Waals surface area contributed by atoms with Crippen molar-refractivity contribution in [3.63, 3.8) is 0 Å². The number of carbonyl (C=O) groups is 2. The molecule has 0 aromatic heterocycles. The molecule has 0 radical (unpaired) electrons. The second-order valence-electron chi connectivity index (χ2n) is 4.52. The molecule has 6 nitrogen and oxygen atoms in total. The first-order chi connectivity index (χ1) is 9.11. The van der Waals surface area contributed by atoms with Gasteiger partial charge in [0.2, 0.25) is 11.8 Å². The molecule has 1 aromatic rings. The van der Waals surface area contributed by atoms with Gasteiger partial charge in [0.15, 0.2) is 0 Å². The highest BCUT2D eigenvalue weighted by molar-refractivity contribution is 6.04. The first kappa shape index (κ1) is 13.5. The Kier molecular flexibility index (Phi) is 4.13. The molecule has 19 heavy (non-hydrogen) atoms. The van der Waals surface area contributed by atoms with Gasteiger partial charge < -0.3 is 14.6 Å². The molecule has 0 saturated carbocycles. The molecule has 0 unspecified atom stereocenters. The Hall–Kier alpha value is -1.92. The molecule has 1 heterocycles. The molecule has 1 aliphatic rings. The minimum Gasteiger partial charge on any atom is -0.335 e. The molecule has 1 fully saturated rings. The van der Waals surface area contributed by atoms with E-state index in [1.54, 1.807) is 7.05 Å². The van der Waals surface area contributed by atoms with E-state index in [1.807, 2.05) is 24.3 Å². The molecule has 0 atom stereocenters. The summed E-state index contributed by atoms with van der Waals surface area (Å²) in [5.41, 5.74) is 1.75. The molecule has 2 amide bonds. The fourth-order valence-corrected chi connectivity index (χ4v) is 2.01. The summed E-state index contributed by atoms with van der Waals surface area (Å²) >= 11 is 0. The Morgan fingerprint density at radius 2 is 2.05 bits per heavy atom. The molecule has 2 rings (SSSR count). The van der Waals surface area contributed by atoms with E-state index in [0.29, 0.717) is 13.0 Å². The highest BCUT2D eigenvalue weighted by Gasteiger charge is 2.28. The maximum Gasteiger partial charge on any atom is 0.247 e. The number of hydrogen-bond acceptors (Lipinski definition) is 4. The summed E-state index contributed by atoms with van der Waals surface area (Å²) in [5.74, 6) is 4.86.